The van der Waals surface area contributed by atoms with Gasteiger partial charge in [0.05, 0.1) is 79.6 Å². The van der Waals surface area contributed by atoms with E-state index in [1.807, 2.05) is 0 Å². The molecule has 0 radical (unpaired) electrons. The van der Waals surface area contributed by atoms with Crippen molar-refractivity contribution in [3.63, 3.8) is 0 Å². The van der Waals surface area contributed by atoms with Gasteiger partial charge in [-0.25, -0.2) is 22.3 Å². The minimum atomic E-state index is -4.20. The molecule has 0 aliphatic carbocycles. The number of amides is 7. The highest BCUT2D eigenvalue weighted by Crippen LogP contribution is 2.31. The van der Waals surface area contributed by atoms with Crippen LogP contribution in [-0.2, 0) is 69.7 Å². The van der Waals surface area contributed by atoms with Crippen molar-refractivity contribution < 1.29 is 83.3 Å². The number of ether oxygens (including phenoxy) is 4. The molecule has 522 valence electrons. The molecule has 0 atom stereocenters. The van der Waals surface area contributed by atoms with E-state index < -0.39 is 55.5 Å². The fraction of sp³-hybridized carbons (Fsp3) is 0.344. The third-order valence-corrected chi connectivity index (χ3v) is 17.5. The Morgan fingerprint density at radius 3 is 1.67 bits per heavy atom. The van der Waals surface area contributed by atoms with Crippen molar-refractivity contribution in [3.8, 4) is 11.5 Å². The number of nitrogens with zero attached hydrogens (tertiary/aromatic N) is 4. The molecule has 12 N–H and O–H groups in total. The maximum Gasteiger partial charge on any atom is 0.327 e. The number of methoxy groups -OCH3 is 2. The first-order valence-electron chi connectivity index (χ1n) is 31.3. The summed E-state index contributed by atoms with van der Waals surface area (Å²) in [4.78, 5) is 98.7. The van der Waals surface area contributed by atoms with E-state index in [2.05, 4.69) is 73.0 Å². The summed E-state index contributed by atoms with van der Waals surface area (Å²) in [5.41, 5.74) is 14.9. The van der Waals surface area contributed by atoms with Crippen molar-refractivity contribution in [2.24, 2.45) is 0 Å². The SMILES string of the molecule is COc1cc(NS(=O)(=O)c2cccc(NC(=O)C=[N+]3C=C[CH+]C(CONCCCCNC(=O)c4ccc[n+](CC(=O)Nc5cccc(S(=O)(=O)Nc6ccc(NNC(=O)C(=O)NCCCN7CCOCC7)c(OC)c6)c5)c4)=C3)c2)ccc1NNC(=O)C(=O)NCCCN1CCOCC1. The first-order valence-corrected chi connectivity index (χ1v) is 34.3. The zero-order valence-corrected chi connectivity index (χ0v) is 55.7. The van der Waals surface area contributed by atoms with Crippen LogP contribution in [0.1, 0.15) is 36.0 Å². The molecule has 3 aliphatic rings. The summed E-state index contributed by atoms with van der Waals surface area (Å²) in [6, 6.07) is 23.0. The predicted molar refractivity (Wildman–Crippen MR) is 361 cm³/mol. The summed E-state index contributed by atoms with van der Waals surface area (Å²) >= 11 is 0. The molecule has 34 heteroatoms. The van der Waals surface area contributed by atoms with Gasteiger partial charge in [0.1, 0.15) is 29.7 Å². The maximum absolute atomic E-state index is 13.5. The first-order chi connectivity index (χ1) is 47.3. The zero-order valence-electron chi connectivity index (χ0n) is 54.1. The summed E-state index contributed by atoms with van der Waals surface area (Å²) < 4.78 is 83.5. The smallest absolute Gasteiger partial charge is 0.327 e. The minimum absolute atomic E-state index is 0.119. The Labute approximate surface area is 567 Å². The quantitative estimate of drug-likeness (QED) is 0.00904. The Hall–Kier alpha value is -10.2. The van der Waals surface area contributed by atoms with Crippen LogP contribution in [0.5, 0.6) is 11.5 Å². The monoisotopic (exact) mass is 1390 g/mol. The lowest BCUT2D eigenvalue weighted by atomic mass is 10.2. The number of sulfonamides is 2. The van der Waals surface area contributed by atoms with E-state index in [-0.39, 0.29) is 74.5 Å². The van der Waals surface area contributed by atoms with Crippen LogP contribution in [0.25, 0.3) is 0 Å². The van der Waals surface area contributed by atoms with Crippen LogP contribution in [0.2, 0.25) is 0 Å². The third-order valence-electron chi connectivity index (χ3n) is 14.8. The fourth-order valence-electron chi connectivity index (χ4n) is 9.78. The number of nitrogens with one attached hydrogen (secondary N) is 12. The largest absolute Gasteiger partial charge is 0.494 e. The number of rotatable bonds is 34. The molecule has 4 aromatic carbocycles. The number of hydroxylamine groups is 1. The second kappa shape index (κ2) is 37.3. The summed E-state index contributed by atoms with van der Waals surface area (Å²) in [5, 5.41) is 13.4. The van der Waals surface area contributed by atoms with Crippen molar-refractivity contribution in [1.82, 2.24) is 42.1 Å². The Kier molecular flexibility index (Phi) is 28.1. The lowest BCUT2D eigenvalue weighted by molar-refractivity contribution is -0.684. The van der Waals surface area contributed by atoms with E-state index in [9.17, 15) is 50.4 Å². The lowest BCUT2D eigenvalue weighted by Gasteiger charge is -2.26. The average Bonchev–Trinajstić information content (AvgIpc) is 0.828. The Morgan fingerprint density at radius 1 is 0.592 bits per heavy atom. The Morgan fingerprint density at radius 2 is 1.12 bits per heavy atom. The van der Waals surface area contributed by atoms with Gasteiger partial charge >= 0.3 is 29.5 Å². The van der Waals surface area contributed by atoms with Gasteiger partial charge < -0.3 is 45.5 Å². The number of benzene rings is 4. The van der Waals surface area contributed by atoms with Gasteiger partial charge in [-0.05, 0) is 106 Å². The number of hydrazine groups is 2. The Bertz CT molecular complexity index is 3960. The van der Waals surface area contributed by atoms with E-state index in [4.69, 9.17) is 23.8 Å². The third kappa shape index (κ3) is 23.9. The molecule has 0 spiro atoms. The number of morpholine rings is 2. The molecule has 7 amide bonds. The predicted octanol–water partition coefficient (Wildman–Crippen LogP) is 1.16. The Balaban J connectivity index is 0.696. The van der Waals surface area contributed by atoms with Crippen molar-refractivity contribution >= 4 is 102 Å². The van der Waals surface area contributed by atoms with Crippen LogP contribution in [0, 0.1) is 6.42 Å². The van der Waals surface area contributed by atoms with Crippen molar-refractivity contribution in [1.29, 1.82) is 0 Å². The molecule has 8 rings (SSSR count). The molecule has 3 aliphatic heterocycles. The average molecular weight is 1390 g/mol. The van der Waals surface area contributed by atoms with E-state index in [1.165, 1.54) is 121 Å². The van der Waals surface area contributed by atoms with E-state index >= 15 is 0 Å². The van der Waals surface area contributed by atoms with Gasteiger partial charge in [-0.3, -0.25) is 79.3 Å². The van der Waals surface area contributed by atoms with Gasteiger partial charge in [0.15, 0.2) is 18.0 Å². The van der Waals surface area contributed by atoms with Crippen molar-refractivity contribution in [3.05, 3.63) is 145 Å². The number of hydrogen-bond donors (Lipinski definition) is 12. The molecule has 0 saturated carbocycles. The van der Waals surface area contributed by atoms with Crippen LogP contribution in [0.4, 0.5) is 34.1 Å². The van der Waals surface area contributed by atoms with Crippen molar-refractivity contribution in [2.75, 3.05) is 144 Å². The molecule has 2 fully saturated rings. The summed E-state index contributed by atoms with van der Waals surface area (Å²) in [7, 11) is -5.68. The molecular weight excluding hydrogens is 1310 g/mol. The van der Waals surface area contributed by atoms with Crippen LogP contribution in [0.3, 0.4) is 0 Å². The maximum atomic E-state index is 13.5. The molecule has 5 aromatic rings. The number of carbonyl (C=O) groups is 7. The molecule has 0 unspecified atom stereocenters. The summed E-state index contributed by atoms with van der Waals surface area (Å²) in [6.07, 6.45) is 13.8. The first kappa shape index (κ1) is 73.6. The second-order valence-electron chi connectivity index (χ2n) is 22.1. The van der Waals surface area contributed by atoms with E-state index in [1.54, 1.807) is 43.2 Å². The van der Waals surface area contributed by atoms with Gasteiger partial charge in [-0.15, -0.1) is 0 Å². The molecular formula is C64H81N16O16S2+3. The van der Waals surface area contributed by atoms with Crippen molar-refractivity contribution in [2.45, 2.75) is 42.0 Å². The topological polar surface area (TPSA) is 392 Å². The number of pyridine rings is 1. The zero-order chi connectivity index (χ0) is 69.7. The van der Waals surface area contributed by atoms with E-state index in [0.717, 1.165) is 44.8 Å². The fourth-order valence-corrected chi connectivity index (χ4v) is 12.0. The number of unbranched alkanes of at least 4 members (excludes halogenated alkanes) is 1. The molecule has 0 bridgehead atoms. The molecule has 1 aromatic heterocycles. The van der Waals surface area contributed by atoms with Crippen LogP contribution in [0.15, 0.2) is 143 Å². The van der Waals surface area contributed by atoms with Gasteiger partial charge in [-0.1, -0.05) is 16.7 Å². The van der Waals surface area contributed by atoms with Gasteiger partial charge in [0.2, 0.25) is 6.54 Å². The number of anilines is 6. The van der Waals surface area contributed by atoms with Gasteiger partial charge in [0.25, 0.3) is 50.5 Å². The van der Waals surface area contributed by atoms with Crippen LogP contribution in [-0.4, -0.2) is 191 Å². The van der Waals surface area contributed by atoms with Gasteiger partial charge in [0, 0.05) is 81.9 Å². The lowest BCUT2D eigenvalue weighted by Crippen LogP contribution is -2.43. The number of allylic oxidation sites excluding steroid dienone is 1. The molecule has 98 heavy (non-hydrogen) atoms. The van der Waals surface area contributed by atoms with Gasteiger partial charge in [-0.2, -0.15) is 4.57 Å². The second-order valence-corrected chi connectivity index (χ2v) is 25.5. The molecule has 2 saturated heterocycles. The number of carbonyl (C=O) groups excluding carboxylic acids is 7. The highest BCUT2D eigenvalue weighted by atomic mass is 32.2. The number of aromatic nitrogens is 1. The summed E-state index contributed by atoms with van der Waals surface area (Å²) in [5.74, 6) is -4.62. The van der Waals surface area contributed by atoms with E-state index in [0.29, 0.717) is 83.9 Å². The molecule has 4 heterocycles. The molecule has 32 nitrogen and oxygen atoms in total. The standard InChI is InChI=1S/C64H78N16O16S2/c1-92-56-39-50(17-19-54(56)71-73-63(86)61(84)66-22-9-27-77-29-33-94-34-30-77)75-97(88,89)52-15-5-13-48(37-52)69-58(81)43-79-25-7-11-46(41-79)45-96-68-24-4-3-21-65-60(83)47-12-8-26-80(42-47)44-59(82)70-49-14-6-16-53(38-49)98(90,91)76-51-18-20-55(57(40-51)93-2)72-74-64(87)62(85)67-23-10-28-78-31-35-95-36-32-78/h5-8,11-20,25-26,37-43,68-69H,3-4,9-10,21-24,27-36,44-45H2,1-2H3,(H7-2,65,66,67,70,71,72,73,74,75,76,81,82,83,84,85,86,87)/p+3. The highest BCUT2D eigenvalue weighted by Gasteiger charge is 2.24. The minimum Gasteiger partial charge on any atom is -0.494 e. The summed E-state index contributed by atoms with van der Waals surface area (Å²) in [6.45, 7) is 8.83. The highest BCUT2D eigenvalue weighted by molar-refractivity contribution is 7.93. The van der Waals surface area contributed by atoms with Crippen LogP contribution < -0.4 is 77.3 Å². The normalized spacial score (nSPS) is 14.5. The van der Waals surface area contributed by atoms with Crippen LogP contribution >= 0.6 is 0 Å². The number of hydrogen-bond acceptors (Lipinski definition) is 21.